The Bertz CT molecular complexity index is 1100. The first kappa shape index (κ1) is 23.0. The van der Waals surface area contributed by atoms with Gasteiger partial charge >= 0.3 is 0 Å². The van der Waals surface area contributed by atoms with E-state index in [1.807, 2.05) is 30.6 Å². The minimum absolute atomic E-state index is 0.0109. The number of hydrogen-bond donors (Lipinski definition) is 1. The zero-order valence-corrected chi connectivity index (χ0v) is 19.7. The van der Waals surface area contributed by atoms with Crippen LogP contribution in [0.3, 0.4) is 0 Å². The molecule has 1 amide bonds. The van der Waals surface area contributed by atoms with Gasteiger partial charge in [-0.3, -0.25) is 9.69 Å². The van der Waals surface area contributed by atoms with E-state index < -0.39 is 0 Å². The topological polar surface area (TPSA) is 59.4 Å². The maximum Gasteiger partial charge on any atom is 0.222 e. The quantitative estimate of drug-likeness (QED) is 0.502. The second-order valence-electron chi connectivity index (χ2n) is 9.57. The summed E-state index contributed by atoms with van der Waals surface area (Å²) in [6.45, 7) is 1.38. The van der Waals surface area contributed by atoms with Crippen LogP contribution in [0.4, 0.5) is 4.39 Å². The van der Waals surface area contributed by atoms with E-state index in [0.717, 1.165) is 36.9 Å². The van der Waals surface area contributed by atoms with Crippen LogP contribution in [0.5, 0.6) is 0 Å². The van der Waals surface area contributed by atoms with E-state index in [4.69, 9.17) is 4.74 Å². The van der Waals surface area contributed by atoms with Crippen LogP contribution in [-0.2, 0) is 9.53 Å². The Morgan fingerprint density at radius 3 is 2.62 bits per heavy atom. The molecule has 2 aliphatic rings. The average molecular weight is 465 g/mol. The van der Waals surface area contributed by atoms with Crippen LogP contribution in [-0.4, -0.2) is 52.7 Å². The fourth-order valence-electron chi connectivity index (χ4n) is 5.90. The number of piperidine rings is 1. The number of ether oxygens (including phenoxy) is 1. The van der Waals surface area contributed by atoms with Crippen molar-refractivity contribution in [2.24, 2.45) is 0 Å². The lowest BCUT2D eigenvalue weighted by Crippen LogP contribution is -2.44. The normalized spacial score (nSPS) is 23.3. The number of rotatable bonds is 9. The maximum atomic E-state index is 14.1. The zero-order chi connectivity index (χ0) is 23.5. The summed E-state index contributed by atoms with van der Waals surface area (Å²) in [5, 5.41) is 3.22. The van der Waals surface area contributed by atoms with Crippen molar-refractivity contribution in [2.75, 3.05) is 20.3 Å². The van der Waals surface area contributed by atoms with E-state index in [-0.39, 0.29) is 17.8 Å². The van der Waals surface area contributed by atoms with Crippen molar-refractivity contribution in [3.8, 4) is 0 Å². The lowest BCUT2D eigenvalue weighted by Gasteiger charge is -2.40. The first-order valence-electron chi connectivity index (χ1n) is 12.3. The van der Waals surface area contributed by atoms with Crippen molar-refractivity contribution in [3.05, 3.63) is 66.2 Å². The monoisotopic (exact) mass is 464 g/mol. The lowest BCUT2D eigenvalue weighted by molar-refractivity contribution is -0.122. The summed E-state index contributed by atoms with van der Waals surface area (Å²) >= 11 is 0. The number of hydrogen-bond acceptors (Lipinski definition) is 4. The molecule has 0 saturated carbocycles. The van der Waals surface area contributed by atoms with Crippen LogP contribution in [0.2, 0.25) is 0 Å². The van der Waals surface area contributed by atoms with E-state index in [1.165, 1.54) is 18.9 Å². The average Bonchev–Trinajstić information content (AvgIpc) is 3.39. The summed E-state index contributed by atoms with van der Waals surface area (Å²) in [7, 11) is 1.62. The van der Waals surface area contributed by atoms with E-state index in [9.17, 15) is 9.18 Å². The molecule has 0 radical (unpaired) electrons. The summed E-state index contributed by atoms with van der Waals surface area (Å²) in [6, 6.07) is 16.8. The fourth-order valence-corrected chi connectivity index (χ4v) is 5.90. The summed E-state index contributed by atoms with van der Waals surface area (Å²) < 4.78 is 21.4. The highest BCUT2D eigenvalue weighted by atomic mass is 19.1. The van der Waals surface area contributed by atoms with Gasteiger partial charge in [-0.2, -0.15) is 0 Å². The molecule has 3 heterocycles. The molecule has 2 aliphatic heterocycles. The predicted molar refractivity (Wildman–Crippen MR) is 130 cm³/mol. The van der Waals surface area contributed by atoms with Gasteiger partial charge in [-0.15, -0.1) is 0 Å². The van der Waals surface area contributed by atoms with Crippen molar-refractivity contribution in [2.45, 2.75) is 62.7 Å². The Labute approximate surface area is 200 Å². The van der Waals surface area contributed by atoms with Gasteiger partial charge in [0.05, 0.1) is 24.5 Å². The molecule has 1 N–H and O–H groups in total. The summed E-state index contributed by atoms with van der Waals surface area (Å²) in [6.07, 6.45) is 7.55. The van der Waals surface area contributed by atoms with Crippen LogP contribution in [0.25, 0.3) is 11.0 Å². The molecule has 3 aromatic rings. The van der Waals surface area contributed by atoms with E-state index in [0.29, 0.717) is 36.7 Å². The maximum absolute atomic E-state index is 14.1. The number of carbonyl (C=O) groups is 1. The van der Waals surface area contributed by atoms with Crippen LogP contribution in [0.1, 0.15) is 56.2 Å². The molecule has 1 aromatic heterocycles. The molecule has 0 aliphatic carbocycles. The van der Waals surface area contributed by atoms with Gasteiger partial charge in [0.1, 0.15) is 5.52 Å². The molecule has 180 valence electrons. The molecule has 2 bridgehead atoms. The van der Waals surface area contributed by atoms with Gasteiger partial charge < -0.3 is 14.6 Å². The van der Waals surface area contributed by atoms with Crippen molar-refractivity contribution in [1.82, 2.24) is 19.8 Å². The van der Waals surface area contributed by atoms with Crippen molar-refractivity contribution >= 4 is 16.9 Å². The zero-order valence-electron chi connectivity index (χ0n) is 19.7. The molecule has 2 aromatic carbocycles. The number of para-hydroxylation sites is 1. The Morgan fingerprint density at radius 2 is 1.88 bits per heavy atom. The van der Waals surface area contributed by atoms with Crippen LogP contribution >= 0.6 is 0 Å². The highest BCUT2D eigenvalue weighted by molar-refractivity contribution is 5.76. The number of halogens is 1. The molecule has 34 heavy (non-hydrogen) atoms. The fraction of sp³-hybridized carbons (Fsp3) is 0.481. The second kappa shape index (κ2) is 10.2. The Hall–Kier alpha value is -2.77. The van der Waals surface area contributed by atoms with E-state index in [2.05, 4.69) is 31.9 Å². The number of imidazole rings is 1. The third-order valence-corrected chi connectivity index (χ3v) is 7.55. The van der Waals surface area contributed by atoms with Gasteiger partial charge in [-0.05, 0) is 49.8 Å². The number of benzene rings is 2. The minimum atomic E-state index is -0.254. The largest absolute Gasteiger partial charge is 0.384 e. The van der Waals surface area contributed by atoms with Crippen molar-refractivity contribution in [1.29, 1.82) is 0 Å². The van der Waals surface area contributed by atoms with Gasteiger partial charge in [0, 0.05) is 38.2 Å². The molecular weight excluding hydrogens is 431 g/mol. The smallest absolute Gasteiger partial charge is 0.222 e. The van der Waals surface area contributed by atoms with Gasteiger partial charge in [0.25, 0.3) is 0 Å². The van der Waals surface area contributed by atoms with Gasteiger partial charge in [-0.1, -0.05) is 36.4 Å². The first-order chi connectivity index (χ1) is 16.6. The number of aromatic nitrogens is 2. The molecule has 3 atom stereocenters. The predicted octanol–water partition coefficient (Wildman–Crippen LogP) is 4.63. The third kappa shape index (κ3) is 4.72. The molecule has 2 unspecified atom stereocenters. The number of nitrogens with zero attached hydrogens (tertiary/aromatic N) is 3. The molecule has 2 saturated heterocycles. The highest BCUT2D eigenvalue weighted by Crippen LogP contribution is 2.42. The molecule has 6 nitrogen and oxygen atoms in total. The van der Waals surface area contributed by atoms with Crippen LogP contribution < -0.4 is 5.32 Å². The Kier molecular flexibility index (Phi) is 6.92. The molecular formula is C27H33FN4O2. The number of nitrogens with one attached hydrogen (secondary N) is 1. The lowest BCUT2D eigenvalue weighted by atomic mass is 9.95. The number of methoxy groups -OCH3 is 1. The van der Waals surface area contributed by atoms with E-state index >= 15 is 0 Å². The molecule has 0 spiro atoms. The molecule has 5 rings (SSSR count). The Balaban J connectivity index is 1.26. The van der Waals surface area contributed by atoms with Crippen molar-refractivity contribution < 1.29 is 13.9 Å². The first-order valence-corrected chi connectivity index (χ1v) is 12.3. The minimum Gasteiger partial charge on any atom is -0.384 e. The molecule has 7 heteroatoms. The number of amides is 1. The van der Waals surface area contributed by atoms with Gasteiger partial charge in [0.2, 0.25) is 5.91 Å². The summed E-state index contributed by atoms with van der Waals surface area (Å²) in [5.41, 5.74) is 2.50. The number of carbonyl (C=O) groups excluding carboxylic acids is 1. The van der Waals surface area contributed by atoms with E-state index in [1.54, 1.807) is 13.2 Å². The summed E-state index contributed by atoms with van der Waals surface area (Å²) in [5.74, 6) is -0.229. The summed E-state index contributed by atoms with van der Waals surface area (Å²) in [4.78, 5) is 19.4. The van der Waals surface area contributed by atoms with Crippen LogP contribution in [0, 0.1) is 5.82 Å². The van der Waals surface area contributed by atoms with Crippen molar-refractivity contribution in [3.63, 3.8) is 0 Å². The molecule has 2 fully saturated rings. The van der Waals surface area contributed by atoms with Gasteiger partial charge in [-0.25, -0.2) is 9.37 Å². The van der Waals surface area contributed by atoms with Crippen LogP contribution in [0.15, 0.2) is 54.9 Å². The Morgan fingerprint density at radius 1 is 1.12 bits per heavy atom. The second-order valence-corrected chi connectivity index (χ2v) is 9.57. The highest BCUT2D eigenvalue weighted by Gasteiger charge is 2.41. The third-order valence-electron chi connectivity index (χ3n) is 7.55. The SMILES string of the molecule is COCCC(=O)N[C@@H](CCN1C2CCC1CC(n1cnc3c(F)cccc31)C2)c1ccccc1. The standard InChI is InChI=1S/C27H33FN4O2/c1-34-15-13-26(33)30-24(19-6-3-2-4-7-19)12-14-31-20-10-11-21(31)17-22(16-20)32-18-29-27-23(28)8-5-9-25(27)32/h2-9,18,20-22,24H,10-17H2,1H3,(H,30,33)/t20?,21?,22?,24-/m0/s1. The number of fused-ring (bicyclic) bond motifs is 3. The van der Waals surface area contributed by atoms with Gasteiger partial charge in [0.15, 0.2) is 5.82 Å².